The summed E-state index contributed by atoms with van der Waals surface area (Å²) in [6.07, 6.45) is 6.24. The van der Waals surface area contributed by atoms with Crippen molar-refractivity contribution < 1.29 is 13.0 Å². The van der Waals surface area contributed by atoms with Gasteiger partial charge in [-0.15, -0.1) is 11.8 Å². The van der Waals surface area contributed by atoms with Crippen LogP contribution in [0.15, 0.2) is 55.8 Å². The molecule has 0 spiro atoms. The van der Waals surface area contributed by atoms with Gasteiger partial charge in [-0.2, -0.15) is 8.42 Å². The fraction of sp³-hybridized carbons (Fsp3) is 0.267. The molecule has 9 heteroatoms. The molecule has 0 fully saturated rings. The van der Waals surface area contributed by atoms with Crippen LogP contribution < -0.4 is 0 Å². The van der Waals surface area contributed by atoms with Gasteiger partial charge in [0, 0.05) is 17.7 Å². The molecular formula is C15H17BrN2O3S3. The lowest BCUT2D eigenvalue weighted by Crippen LogP contribution is -2.22. The molecule has 2 aliphatic rings. The van der Waals surface area contributed by atoms with Crippen molar-refractivity contribution in [2.45, 2.75) is 16.5 Å². The summed E-state index contributed by atoms with van der Waals surface area (Å²) >= 11 is 7.06. The zero-order chi connectivity index (χ0) is 17.9. The number of thioether (sulfide) groups is 2. The molecule has 1 aromatic carbocycles. The van der Waals surface area contributed by atoms with Crippen LogP contribution in [0.25, 0.3) is 0 Å². The Bertz CT molecular complexity index is 802. The van der Waals surface area contributed by atoms with Crippen molar-refractivity contribution in [3.8, 4) is 0 Å². The number of hydrogen-bond acceptors (Lipinski definition) is 6. The monoisotopic (exact) mass is 448 g/mol. The first kappa shape index (κ1) is 19.6. The molecule has 1 unspecified atom stereocenters. The zero-order valence-corrected chi connectivity index (χ0v) is 17.3. The molecule has 1 N–H and O–H groups in total. The number of likely N-dealkylation sites (N-methyl/N-ethyl adjacent to an activating group) is 1. The number of rotatable bonds is 2. The zero-order valence-electron chi connectivity index (χ0n) is 13.3. The van der Waals surface area contributed by atoms with Crippen LogP contribution in [0.5, 0.6) is 0 Å². The van der Waals surface area contributed by atoms with Crippen LogP contribution in [0, 0.1) is 6.92 Å². The fourth-order valence-electron chi connectivity index (χ4n) is 1.93. The van der Waals surface area contributed by atoms with Crippen molar-refractivity contribution in [1.29, 1.82) is 0 Å². The van der Waals surface area contributed by atoms with E-state index >= 15 is 0 Å². The maximum Gasteiger partial charge on any atom is 0.294 e. The molecule has 0 aliphatic carbocycles. The standard InChI is InChI=1S/C8H9BrN2S2.C7H8O3S/c1-11-4-5(9)3-6-7(11)10-8(12-2)13-6;1-6-2-4-7(5-3-6)11(8,9)10/h3-4,8H,1-2H3;2-5H,1H3,(H,8,9,10). The Morgan fingerprint density at radius 3 is 2.50 bits per heavy atom. The minimum absolute atomic E-state index is 0.0666. The molecule has 0 aromatic heterocycles. The first-order valence-corrected chi connectivity index (χ1v) is 11.2. The number of aryl methyl sites for hydroxylation is 1. The lowest BCUT2D eigenvalue weighted by atomic mass is 10.2. The van der Waals surface area contributed by atoms with Crippen LogP contribution in [-0.2, 0) is 10.1 Å². The second-order valence-corrected chi connectivity index (χ2v) is 9.71. The maximum absolute atomic E-state index is 10.5. The number of hydrogen-bond donors (Lipinski definition) is 1. The highest BCUT2D eigenvalue weighted by Crippen LogP contribution is 2.40. The van der Waals surface area contributed by atoms with Crippen molar-refractivity contribution >= 4 is 55.4 Å². The molecule has 0 bridgehead atoms. The maximum atomic E-state index is 10.5. The van der Waals surface area contributed by atoms with Gasteiger partial charge in [0.05, 0.1) is 9.80 Å². The topological polar surface area (TPSA) is 70.0 Å². The molecule has 0 saturated carbocycles. The summed E-state index contributed by atoms with van der Waals surface area (Å²) < 4.78 is 31.0. The Balaban J connectivity index is 0.000000177. The molecule has 2 heterocycles. The Morgan fingerprint density at radius 2 is 1.96 bits per heavy atom. The normalized spacial score (nSPS) is 19.6. The van der Waals surface area contributed by atoms with Gasteiger partial charge in [0.25, 0.3) is 10.1 Å². The summed E-state index contributed by atoms with van der Waals surface area (Å²) in [7, 11) is -2.00. The molecule has 24 heavy (non-hydrogen) atoms. The molecule has 5 nitrogen and oxygen atoms in total. The minimum Gasteiger partial charge on any atom is -0.334 e. The van der Waals surface area contributed by atoms with E-state index < -0.39 is 10.1 Å². The largest absolute Gasteiger partial charge is 0.334 e. The van der Waals surface area contributed by atoms with Gasteiger partial charge in [0.1, 0.15) is 10.5 Å². The number of allylic oxidation sites excluding steroid dienone is 2. The molecule has 130 valence electrons. The highest BCUT2D eigenvalue weighted by atomic mass is 79.9. The van der Waals surface area contributed by atoms with Gasteiger partial charge in [-0.3, -0.25) is 4.55 Å². The number of nitrogens with zero attached hydrogens (tertiary/aromatic N) is 2. The average molecular weight is 449 g/mol. The van der Waals surface area contributed by atoms with Crippen molar-refractivity contribution in [2.75, 3.05) is 13.3 Å². The lowest BCUT2D eigenvalue weighted by molar-refractivity contribution is 0.483. The van der Waals surface area contributed by atoms with Crippen molar-refractivity contribution in [1.82, 2.24) is 4.90 Å². The van der Waals surface area contributed by atoms with Gasteiger partial charge in [0.15, 0.2) is 0 Å². The molecule has 0 radical (unpaired) electrons. The van der Waals surface area contributed by atoms with Crippen molar-refractivity contribution in [3.05, 3.63) is 51.5 Å². The van der Waals surface area contributed by atoms with Crippen LogP contribution in [0.1, 0.15) is 5.56 Å². The number of fused-ring (bicyclic) bond motifs is 1. The average Bonchev–Trinajstić information content (AvgIpc) is 2.91. The highest BCUT2D eigenvalue weighted by molar-refractivity contribution is 9.11. The van der Waals surface area contributed by atoms with E-state index in [-0.39, 0.29) is 4.90 Å². The van der Waals surface area contributed by atoms with E-state index in [0.29, 0.717) is 4.71 Å². The summed E-state index contributed by atoms with van der Waals surface area (Å²) in [5.41, 5.74) is 0.956. The van der Waals surface area contributed by atoms with Gasteiger partial charge in [-0.25, -0.2) is 4.99 Å². The number of halogens is 1. The van der Waals surface area contributed by atoms with E-state index in [0.717, 1.165) is 15.9 Å². The van der Waals surface area contributed by atoms with E-state index in [1.54, 1.807) is 23.9 Å². The summed E-state index contributed by atoms with van der Waals surface area (Å²) in [5, 5.41) is 0. The predicted octanol–water partition coefficient (Wildman–Crippen LogP) is 4.09. The van der Waals surface area contributed by atoms with Gasteiger partial charge in [0.2, 0.25) is 0 Å². The molecular weight excluding hydrogens is 432 g/mol. The van der Waals surface area contributed by atoms with Crippen LogP contribution in [0.4, 0.5) is 0 Å². The van der Waals surface area contributed by atoms with E-state index in [1.165, 1.54) is 17.0 Å². The molecule has 3 rings (SSSR count). The second kappa shape index (κ2) is 8.09. The van der Waals surface area contributed by atoms with Crippen molar-refractivity contribution in [3.63, 3.8) is 0 Å². The smallest absolute Gasteiger partial charge is 0.294 e. The van der Waals surface area contributed by atoms with Gasteiger partial charge in [-0.1, -0.05) is 29.5 Å². The minimum atomic E-state index is -4.02. The Labute approximate surface area is 159 Å². The Hall–Kier alpha value is -0.740. The first-order valence-electron chi connectivity index (χ1n) is 6.84. The van der Waals surface area contributed by atoms with Gasteiger partial charge >= 0.3 is 0 Å². The quantitative estimate of drug-likeness (QED) is 0.686. The number of amidine groups is 1. The summed E-state index contributed by atoms with van der Waals surface area (Å²) in [6.45, 7) is 1.84. The molecule has 2 aliphatic heterocycles. The lowest BCUT2D eigenvalue weighted by Gasteiger charge is -2.18. The molecule has 0 amide bonds. The van der Waals surface area contributed by atoms with E-state index in [9.17, 15) is 8.42 Å². The number of benzene rings is 1. The third-order valence-electron chi connectivity index (χ3n) is 3.12. The summed E-state index contributed by atoms with van der Waals surface area (Å²) in [4.78, 5) is 7.83. The van der Waals surface area contributed by atoms with Crippen LogP contribution in [-0.4, -0.2) is 41.7 Å². The summed E-state index contributed by atoms with van der Waals surface area (Å²) in [5.74, 6) is 1.09. The van der Waals surface area contributed by atoms with Crippen molar-refractivity contribution in [2.24, 2.45) is 4.99 Å². The third-order valence-corrected chi connectivity index (χ3v) is 6.65. The number of aliphatic imine (C=N–C) groups is 1. The molecule has 1 atom stereocenters. The first-order chi connectivity index (χ1) is 11.2. The van der Waals surface area contributed by atoms with Gasteiger partial charge in [-0.05, 0) is 47.3 Å². The Morgan fingerprint density at radius 1 is 1.33 bits per heavy atom. The SMILES string of the molecule is CSC1N=C2C(=CC(Br)=CN2C)S1.Cc1ccc(S(=O)(=O)O)cc1. The second-order valence-electron chi connectivity index (χ2n) is 5.03. The van der Waals surface area contributed by atoms with Gasteiger partial charge < -0.3 is 4.90 Å². The molecule has 0 saturated heterocycles. The van der Waals surface area contributed by atoms with E-state index in [2.05, 4.69) is 38.2 Å². The third kappa shape index (κ3) is 5.13. The Kier molecular flexibility index (Phi) is 6.60. The highest BCUT2D eigenvalue weighted by Gasteiger charge is 2.27. The fourth-order valence-corrected chi connectivity index (χ4v) is 4.87. The summed E-state index contributed by atoms with van der Waals surface area (Å²) in [6, 6.07) is 5.99. The van der Waals surface area contributed by atoms with Crippen LogP contribution in [0.3, 0.4) is 0 Å². The predicted molar refractivity (Wildman–Crippen MR) is 106 cm³/mol. The van der Waals surface area contributed by atoms with E-state index in [4.69, 9.17) is 4.55 Å². The van der Waals surface area contributed by atoms with Crippen LogP contribution >= 0.6 is 39.5 Å². The molecule has 1 aromatic rings. The van der Waals surface area contributed by atoms with Crippen LogP contribution in [0.2, 0.25) is 0 Å². The van der Waals surface area contributed by atoms with E-state index in [1.807, 2.05) is 31.9 Å².